The molecule has 1 aliphatic carbocycles. The van der Waals surface area contributed by atoms with Crippen LogP contribution in [-0.2, 0) is 0 Å². The first-order valence-electron chi connectivity index (χ1n) is 7.87. The molecule has 0 spiro atoms. The maximum Gasteiger partial charge on any atom is 0.321 e. The minimum Gasteiger partial charge on any atom is -0.391 e. The minimum absolute atomic E-state index is 0.220. The number of amides is 3. The lowest BCUT2D eigenvalue weighted by atomic mass is 10.1. The Morgan fingerprint density at radius 2 is 2.04 bits per heavy atom. The molecule has 1 saturated heterocycles. The molecule has 0 radical (unpaired) electrons. The molecule has 124 valence electrons. The summed E-state index contributed by atoms with van der Waals surface area (Å²) in [6.45, 7) is 0.944. The minimum atomic E-state index is -0.473. The molecule has 1 aromatic carbocycles. The van der Waals surface area contributed by atoms with Gasteiger partial charge in [0, 0.05) is 24.8 Å². The van der Waals surface area contributed by atoms with Crippen LogP contribution in [0.5, 0.6) is 0 Å². The summed E-state index contributed by atoms with van der Waals surface area (Å²) >= 11 is 6.08. The fraction of sp³-hybridized carbons (Fsp3) is 0.500. The lowest BCUT2D eigenvalue weighted by Gasteiger charge is -2.30. The van der Waals surface area contributed by atoms with E-state index in [1.54, 1.807) is 23.1 Å². The van der Waals surface area contributed by atoms with E-state index in [-0.39, 0.29) is 18.0 Å². The average molecular weight is 338 g/mol. The number of nitrogens with one attached hydrogen (secondary N) is 2. The van der Waals surface area contributed by atoms with Crippen LogP contribution in [-0.4, -0.2) is 47.2 Å². The number of benzene rings is 1. The van der Waals surface area contributed by atoms with Gasteiger partial charge in [-0.3, -0.25) is 4.79 Å². The third kappa shape index (κ3) is 4.14. The number of carbonyl (C=O) groups is 2. The van der Waals surface area contributed by atoms with Crippen LogP contribution in [0.25, 0.3) is 0 Å². The van der Waals surface area contributed by atoms with Crippen LogP contribution < -0.4 is 10.6 Å². The first-order chi connectivity index (χ1) is 11.0. The molecule has 3 rings (SSSR count). The number of aliphatic hydroxyl groups is 1. The van der Waals surface area contributed by atoms with Gasteiger partial charge >= 0.3 is 6.03 Å². The maximum atomic E-state index is 12.2. The van der Waals surface area contributed by atoms with Crippen LogP contribution in [0.4, 0.5) is 10.5 Å². The van der Waals surface area contributed by atoms with Gasteiger partial charge in [-0.2, -0.15) is 0 Å². The molecule has 0 unspecified atom stereocenters. The number of hydrogen-bond donors (Lipinski definition) is 3. The van der Waals surface area contributed by atoms with Crippen LogP contribution in [0.15, 0.2) is 18.2 Å². The normalized spacial score (nSPS) is 21.0. The van der Waals surface area contributed by atoms with Crippen molar-refractivity contribution in [3.8, 4) is 0 Å². The molecule has 23 heavy (non-hydrogen) atoms. The van der Waals surface area contributed by atoms with Gasteiger partial charge in [-0.25, -0.2) is 4.79 Å². The fourth-order valence-electron chi connectivity index (χ4n) is 2.61. The number of hydrogen-bond acceptors (Lipinski definition) is 3. The monoisotopic (exact) mass is 337 g/mol. The van der Waals surface area contributed by atoms with Crippen LogP contribution in [0, 0.1) is 0 Å². The molecule has 6 nitrogen and oxygen atoms in total. The molecular formula is C16H20ClN3O3. The highest BCUT2D eigenvalue weighted by Crippen LogP contribution is 2.24. The number of halogens is 1. The largest absolute Gasteiger partial charge is 0.391 e. The number of rotatable bonds is 3. The van der Waals surface area contributed by atoms with Gasteiger partial charge in [0.15, 0.2) is 0 Å². The van der Waals surface area contributed by atoms with Gasteiger partial charge in [0.1, 0.15) is 0 Å². The predicted octanol–water partition coefficient (Wildman–Crippen LogP) is 2.22. The lowest BCUT2D eigenvalue weighted by molar-refractivity contribution is 0.0883. The maximum absolute atomic E-state index is 12.2. The summed E-state index contributed by atoms with van der Waals surface area (Å²) in [5.41, 5.74) is 0.871. The summed E-state index contributed by atoms with van der Waals surface area (Å²) in [5.74, 6) is -0.220. The predicted molar refractivity (Wildman–Crippen MR) is 87.8 cm³/mol. The van der Waals surface area contributed by atoms with Crippen LogP contribution in [0.1, 0.15) is 36.0 Å². The molecule has 1 saturated carbocycles. The Morgan fingerprint density at radius 3 is 2.74 bits per heavy atom. The number of anilines is 1. The smallest absolute Gasteiger partial charge is 0.321 e. The number of β-amino-alcohol motifs (C(OH)–C–C–N with tert-alkyl or cyclic N) is 1. The van der Waals surface area contributed by atoms with Crippen molar-refractivity contribution >= 4 is 29.2 Å². The number of aliphatic hydroxyl groups excluding tert-OH is 1. The van der Waals surface area contributed by atoms with Gasteiger partial charge in [0.05, 0.1) is 16.7 Å². The summed E-state index contributed by atoms with van der Waals surface area (Å²) in [6.07, 6.45) is 3.02. The zero-order valence-corrected chi connectivity index (χ0v) is 13.5. The molecule has 1 aromatic rings. The number of piperidine rings is 1. The van der Waals surface area contributed by atoms with Crippen molar-refractivity contribution in [1.82, 2.24) is 10.2 Å². The average Bonchev–Trinajstić information content (AvgIpc) is 3.33. The summed E-state index contributed by atoms with van der Waals surface area (Å²) in [5, 5.41) is 15.6. The quantitative estimate of drug-likeness (QED) is 0.791. The van der Waals surface area contributed by atoms with Gasteiger partial charge in [0.2, 0.25) is 0 Å². The van der Waals surface area contributed by atoms with E-state index in [2.05, 4.69) is 10.6 Å². The van der Waals surface area contributed by atoms with Gasteiger partial charge in [-0.1, -0.05) is 11.6 Å². The molecule has 1 aliphatic heterocycles. The molecule has 3 N–H and O–H groups in total. The standard InChI is InChI=1S/C16H20ClN3O3/c17-14-6-5-11(8-13(14)15(22)18-10-3-4-10)19-16(23)20-7-1-2-12(21)9-20/h5-6,8,10,12,21H,1-4,7,9H2,(H,18,22)(H,19,23)/t12-/m1/s1. The van der Waals surface area contributed by atoms with Crippen molar-refractivity contribution < 1.29 is 14.7 Å². The second-order valence-corrected chi connectivity index (χ2v) is 6.52. The Hall–Kier alpha value is -1.79. The molecule has 0 aromatic heterocycles. The number of carbonyl (C=O) groups excluding carboxylic acids is 2. The zero-order chi connectivity index (χ0) is 16.4. The molecular weight excluding hydrogens is 318 g/mol. The Kier molecular flexibility index (Phi) is 4.73. The fourth-order valence-corrected chi connectivity index (χ4v) is 2.81. The van der Waals surface area contributed by atoms with Gasteiger partial charge in [0.25, 0.3) is 5.91 Å². The first kappa shape index (κ1) is 16.1. The Labute approximate surface area is 139 Å². The van der Waals surface area contributed by atoms with Crippen molar-refractivity contribution in [2.45, 2.75) is 37.8 Å². The summed E-state index contributed by atoms with van der Waals surface area (Å²) < 4.78 is 0. The van der Waals surface area contributed by atoms with Crippen LogP contribution in [0.3, 0.4) is 0 Å². The number of nitrogens with zero attached hydrogens (tertiary/aromatic N) is 1. The SMILES string of the molecule is O=C(NC1CC1)c1cc(NC(=O)N2CCC[C@@H](O)C2)ccc1Cl. The first-order valence-corrected chi connectivity index (χ1v) is 8.25. The third-order valence-corrected chi connectivity index (χ3v) is 4.39. The molecule has 0 bridgehead atoms. The van der Waals surface area contributed by atoms with E-state index in [0.29, 0.717) is 29.4 Å². The lowest BCUT2D eigenvalue weighted by Crippen LogP contribution is -2.44. The van der Waals surface area contributed by atoms with Gasteiger partial charge in [-0.15, -0.1) is 0 Å². The molecule has 1 atom stereocenters. The van der Waals surface area contributed by atoms with E-state index in [1.165, 1.54) is 0 Å². The van der Waals surface area contributed by atoms with Gasteiger partial charge in [-0.05, 0) is 43.9 Å². The Bertz CT molecular complexity index is 619. The molecule has 7 heteroatoms. The zero-order valence-electron chi connectivity index (χ0n) is 12.7. The molecule has 2 aliphatic rings. The van der Waals surface area contributed by atoms with Crippen molar-refractivity contribution in [2.24, 2.45) is 0 Å². The summed E-state index contributed by atoms with van der Waals surface area (Å²) in [6, 6.07) is 4.81. The highest BCUT2D eigenvalue weighted by Gasteiger charge is 2.25. The molecule has 1 heterocycles. The summed E-state index contributed by atoms with van der Waals surface area (Å²) in [4.78, 5) is 26.0. The second-order valence-electron chi connectivity index (χ2n) is 6.11. The van der Waals surface area contributed by atoms with E-state index < -0.39 is 6.10 Å². The number of urea groups is 1. The van der Waals surface area contributed by atoms with Crippen LogP contribution in [0.2, 0.25) is 5.02 Å². The van der Waals surface area contributed by atoms with E-state index >= 15 is 0 Å². The van der Waals surface area contributed by atoms with E-state index in [0.717, 1.165) is 25.7 Å². The van der Waals surface area contributed by atoms with E-state index in [4.69, 9.17) is 11.6 Å². The Morgan fingerprint density at radius 1 is 1.26 bits per heavy atom. The third-order valence-electron chi connectivity index (χ3n) is 4.06. The highest BCUT2D eigenvalue weighted by atomic mass is 35.5. The summed E-state index contributed by atoms with van der Waals surface area (Å²) in [7, 11) is 0. The molecule has 3 amide bonds. The van der Waals surface area contributed by atoms with Crippen molar-refractivity contribution in [2.75, 3.05) is 18.4 Å². The molecule has 2 fully saturated rings. The second kappa shape index (κ2) is 6.76. The van der Waals surface area contributed by atoms with Crippen molar-refractivity contribution in [3.63, 3.8) is 0 Å². The van der Waals surface area contributed by atoms with E-state index in [1.807, 2.05) is 0 Å². The van der Waals surface area contributed by atoms with Crippen molar-refractivity contribution in [3.05, 3.63) is 28.8 Å². The van der Waals surface area contributed by atoms with Crippen LogP contribution >= 0.6 is 11.6 Å². The highest BCUT2D eigenvalue weighted by molar-refractivity contribution is 6.34. The topological polar surface area (TPSA) is 81.7 Å². The Balaban J connectivity index is 1.67. The van der Waals surface area contributed by atoms with Crippen molar-refractivity contribution in [1.29, 1.82) is 0 Å². The van der Waals surface area contributed by atoms with E-state index in [9.17, 15) is 14.7 Å². The van der Waals surface area contributed by atoms with Gasteiger partial charge < -0.3 is 20.6 Å². The number of likely N-dealkylation sites (tertiary alicyclic amines) is 1.